The summed E-state index contributed by atoms with van der Waals surface area (Å²) in [6.45, 7) is 2.01. The molecule has 1 rings (SSSR count). The molecule has 1 N–H and O–H groups in total. The Morgan fingerprint density at radius 1 is 1.56 bits per heavy atom. The van der Waals surface area contributed by atoms with Crippen molar-refractivity contribution in [3.8, 4) is 0 Å². The van der Waals surface area contributed by atoms with E-state index < -0.39 is 5.82 Å². The summed E-state index contributed by atoms with van der Waals surface area (Å²) in [5, 5.41) is 2.76. The standard InChI is InChI=1S/C12H13ClFNO/c1-9(16)15-8-3-2-5-10-6-4-7-11(13)12(10)14/h2,4-7H,3,8H2,1H3,(H,15,16). The van der Waals surface area contributed by atoms with E-state index in [1.165, 1.54) is 13.0 Å². The molecule has 0 aliphatic rings. The van der Waals surface area contributed by atoms with Crippen LogP contribution in [0.1, 0.15) is 18.9 Å². The number of amides is 1. The second-order valence-electron chi connectivity index (χ2n) is 3.32. The molecule has 1 aromatic carbocycles. The van der Waals surface area contributed by atoms with Crippen molar-refractivity contribution in [3.63, 3.8) is 0 Å². The highest BCUT2D eigenvalue weighted by atomic mass is 35.5. The molecule has 0 heterocycles. The quantitative estimate of drug-likeness (QED) is 0.807. The number of nitrogens with one attached hydrogen (secondary N) is 1. The normalized spacial score (nSPS) is 10.7. The molecule has 0 fully saturated rings. The largest absolute Gasteiger partial charge is 0.356 e. The average molecular weight is 242 g/mol. The van der Waals surface area contributed by atoms with Crippen molar-refractivity contribution in [2.75, 3.05) is 6.54 Å². The molecule has 16 heavy (non-hydrogen) atoms. The molecule has 2 nitrogen and oxygen atoms in total. The summed E-state index contributed by atoms with van der Waals surface area (Å²) in [7, 11) is 0. The summed E-state index contributed by atoms with van der Waals surface area (Å²) in [5.74, 6) is -0.484. The van der Waals surface area contributed by atoms with Gasteiger partial charge in [-0.3, -0.25) is 4.79 Å². The van der Waals surface area contributed by atoms with E-state index in [0.29, 0.717) is 18.5 Å². The molecule has 0 saturated heterocycles. The minimum absolute atomic E-state index is 0.0673. The maximum absolute atomic E-state index is 13.4. The lowest BCUT2D eigenvalue weighted by Crippen LogP contribution is -2.20. The number of hydrogen-bond acceptors (Lipinski definition) is 1. The zero-order valence-corrected chi connectivity index (χ0v) is 9.72. The van der Waals surface area contributed by atoms with E-state index in [-0.39, 0.29) is 10.9 Å². The Morgan fingerprint density at radius 3 is 3.00 bits per heavy atom. The molecule has 0 bridgehead atoms. The van der Waals surface area contributed by atoms with E-state index in [4.69, 9.17) is 11.6 Å². The summed E-state index contributed by atoms with van der Waals surface area (Å²) in [6.07, 6.45) is 4.11. The smallest absolute Gasteiger partial charge is 0.216 e. The number of carbonyl (C=O) groups excluding carboxylic acids is 1. The Labute approximate surface area is 99.1 Å². The molecular weight excluding hydrogens is 229 g/mol. The van der Waals surface area contributed by atoms with Gasteiger partial charge in [0.15, 0.2) is 0 Å². The third kappa shape index (κ3) is 4.03. The lowest BCUT2D eigenvalue weighted by molar-refractivity contribution is -0.118. The molecule has 0 aliphatic heterocycles. The van der Waals surface area contributed by atoms with Crippen LogP contribution in [0.2, 0.25) is 5.02 Å². The monoisotopic (exact) mass is 241 g/mol. The van der Waals surface area contributed by atoms with Crippen molar-refractivity contribution in [1.82, 2.24) is 5.32 Å². The van der Waals surface area contributed by atoms with Crippen molar-refractivity contribution in [3.05, 3.63) is 40.7 Å². The van der Waals surface area contributed by atoms with Gasteiger partial charge in [0.1, 0.15) is 5.82 Å². The van der Waals surface area contributed by atoms with Crippen molar-refractivity contribution in [2.45, 2.75) is 13.3 Å². The Hall–Kier alpha value is -1.35. The maximum Gasteiger partial charge on any atom is 0.216 e. The summed E-state index contributed by atoms with van der Waals surface area (Å²) in [6, 6.07) is 4.85. The Balaban J connectivity index is 2.50. The van der Waals surface area contributed by atoms with Gasteiger partial charge in [0.2, 0.25) is 5.91 Å². The molecule has 1 amide bonds. The molecule has 0 aliphatic carbocycles. The molecule has 4 heteroatoms. The first-order valence-electron chi connectivity index (χ1n) is 4.96. The highest BCUT2D eigenvalue weighted by molar-refractivity contribution is 6.30. The fourth-order valence-electron chi connectivity index (χ4n) is 1.19. The second kappa shape index (κ2) is 6.28. The topological polar surface area (TPSA) is 29.1 Å². The Bertz CT molecular complexity index is 404. The zero-order chi connectivity index (χ0) is 12.0. The first-order valence-corrected chi connectivity index (χ1v) is 5.34. The van der Waals surface area contributed by atoms with Crippen LogP contribution in [0.25, 0.3) is 6.08 Å². The Kier molecular flexibility index (Phi) is 4.99. The number of halogens is 2. The maximum atomic E-state index is 13.4. The number of benzene rings is 1. The van der Waals surface area contributed by atoms with Crippen molar-refractivity contribution in [2.24, 2.45) is 0 Å². The number of hydrogen-bond donors (Lipinski definition) is 1. The van der Waals surface area contributed by atoms with Crippen LogP contribution in [0.5, 0.6) is 0 Å². The molecule has 0 radical (unpaired) electrons. The van der Waals surface area contributed by atoms with Crippen LogP contribution in [-0.2, 0) is 4.79 Å². The highest BCUT2D eigenvalue weighted by Gasteiger charge is 2.01. The highest BCUT2D eigenvalue weighted by Crippen LogP contribution is 2.18. The van der Waals surface area contributed by atoms with E-state index >= 15 is 0 Å². The van der Waals surface area contributed by atoms with E-state index in [0.717, 1.165) is 0 Å². The molecule has 86 valence electrons. The average Bonchev–Trinajstić information content (AvgIpc) is 2.23. The predicted molar refractivity (Wildman–Crippen MR) is 63.7 cm³/mol. The van der Waals surface area contributed by atoms with Crippen molar-refractivity contribution >= 4 is 23.6 Å². The van der Waals surface area contributed by atoms with Crippen LogP contribution >= 0.6 is 11.6 Å². The summed E-state index contributed by atoms with van der Waals surface area (Å²) in [5.41, 5.74) is 0.454. The number of carbonyl (C=O) groups is 1. The molecule has 0 unspecified atom stereocenters. The van der Waals surface area contributed by atoms with Crippen LogP contribution in [0, 0.1) is 5.82 Å². The molecule has 0 spiro atoms. The van der Waals surface area contributed by atoms with E-state index in [2.05, 4.69) is 5.32 Å². The van der Waals surface area contributed by atoms with Gasteiger partial charge in [-0.25, -0.2) is 4.39 Å². The molecule has 0 saturated carbocycles. The summed E-state index contributed by atoms with van der Waals surface area (Å²) < 4.78 is 13.4. The van der Waals surface area contributed by atoms with Gasteiger partial charge in [-0.1, -0.05) is 35.9 Å². The zero-order valence-electron chi connectivity index (χ0n) is 8.97. The fourth-order valence-corrected chi connectivity index (χ4v) is 1.37. The van der Waals surface area contributed by atoms with E-state index in [9.17, 15) is 9.18 Å². The van der Waals surface area contributed by atoms with Gasteiger partial charge in [-0.2, -0.15) is 0 Å². The SMILES string of the molecule is CC(=O)NCCC=Cc1cccc(Cl)c1F. The second-order valence-corrected chi connectivity index (χ2v) is 3.72. The fraction of sp³-hybridized carbons (Fsp3) is 0.250. The minimum atomic E-state index is -0.417. The van der Waals surface area contributed by atoms with Gasteiger partial charge in [0.05, 0.1) is 5.02 Å². The van der Waals surface area contributed by atoms with Gasteiger partial charge < -0.3 is 5.32 Å². The predicted octanol–water partition coefficient (Wildman–Crippen LogP) is 3.02. The van der Waals surface area contributed by atoms with Crippen LogP contribution in [-0.4, -0.2) is 12.5 Å². The molecule has 0 atom stereocenters. The lowest BCUT2D eigenvalue weighted by Gasteiger charge is -1.99. The first-order chi connectivity index (χ1) is 7.61. The van der Waals surface area contributed by atoms with Crippen LogP contribution in [0.15, 0.2) is 24.3 Å². The van der Waals surface area contributed by atoms with E-state index in [1.54, 1.807) is 24.3 Å². The molecular formula is C12H13ClFNO. The van der Waals surface area contributed by atoms with Crippen molar-refractivity contribution in [1.29, 1.82) is 0 Å². The molecule has 1 aromatic rings. The third-order valence-corrected chi connectivity index (χ3v) is 2.26. The number of rotatable bonds is 4. The van der Waals surface area contributed by atoms with E-state index in [1.807, 2.05) is 0 Å². The van der Waals surface area contributed by atoms with Gasteiger partial charge in [0.25, 0.3) is 0 Å². The van der Waals surface area contributed by atoms with Gasteiger partial charge >= 0.3 is 0 Å². The molecule has 0 aromatic heterocycles. The van der Waals surface area contributed by atoms with Crippen molar-refractivity contribution < 1.29 is 9.18 Å². The van der Waals surface area contributed by atoms with Crippen LogP contribution in [0.4, 0.5) is 4.39 Å². The van der Waals surface area contributed by atoms with Crippen LogP contribution < -0.4 is 5.32 Å². The van der Waals surface area contributed by atoms with Gasteiger partial charge in [-0.15, -0.1) is 0 Å². The van der Waals surface area contributed by atoms with Crippen LogP contribution in [0.3, 0.4) is 0 Å². The third-order valence-electron chi connectivity index (χ3n) is 1.96. The van der Waals surface area contributed by atoms with Gasteiger partial charge in [0, 0.05) is 19.0 Å². The summed E-state index contributed by atoms with van der Waals surface area (Å²) in [4.78, 5) is 10.6. The van der Waals surface area contributed by atoms with Gasteiger partial charge in [-0.05, 0) is 12.5 Å². The summed E-state index contributed by atoms with van der Waals surface area (Å²) >= 11 is 5.63. The lowest BCUT2D eigenvalue weighted by atomic mass is 10.2. The minimum Gasteiger partial charge on any atom is -0.356 e. The Morgan fingerprint density at radius 2 is 2.31 bits per heavy atom. The first kappa shape index (κ1) is 12.7.